The van der Waals surface area contributed by atoms with E-state index < -0.39 is 5.97 Å². The summed E-state index contributed by atoms with van der Waals surface area (Å²) in [7, 11) is 1.27. The molecule has 0 fully saturated rings. The predicted molar refractivity (Wildman–Crippen MR) is 76.2 cm³/mol. The summed E-state index contributed by atoms with van der Waals surface area (Å²) in [4.78, 5) is 15.8. The van der Waals surface area contributed by atoms with Crippen molar-refractivity contribution in [2.24, 2.45) is 5.16 Å². The van der Waals surface area contributed by atoms with Crippen molar-refractivity contribution >= 4 is 11.7 Å². The second kappa shape index (κ2) is 6.56. The standard InChI is InChI=1S/C16H15NO4/c1-11-8-9-13(15(16(18)19)17-20-2)14(10-11)21-12-6-4-3-5-7-12/h3-10H,1-2H3,(H,18,19)/p-1/b17-15-. The van der Waals surface area contributed by atoms with Gasteiger partial charge in [-0.25, -0.2) is 0 Å². The molecule has 0 saturated heterocycles. The van der Waals surface area contributed by atoms with Crippen LogP contribution >= 0.6 is 0 Å². The molecule has 108 valence electrons. The quantitative estimate of drug-likeness (QED) is 0.621. The first kappa shape index (κ1) is 14.6. The first-order chi connectivity index (χ1) is 10.1. The largest absolute Gasteiger partial charge is 0.543 e. The monoisotopic (exact) mass is 284 g/mol. The van der Waals surface area contributed by atoms with Crippen LogP contribution < -0.4 is 9.84 Å². The summed E-state index contributed by atoms with van der Waals surface area (Å²) in [6.07, 6.45) is 0. The van der Waals surface area contributed by atoms with E-state index in [9.17, 15) is 9.90 Å². The summed E-state index contributed by atoms with van der Waals surface area (Å²) < 4.78 is 5.74. The minimum atomic E-state index is -1.43. The molecule has 0 spiro atoms. The third kappa shape index (κ3) is 3.60. The number of aliphatic carboxylic acids is 1. The van der Waals surface area contributed by atoms with Crippen LogP contribution in [0.5, 0.6) is 11.5 Å². The SMILES string of the molecule is CO/N=C(\C(=O)[O-])c1ccc(C)cc1Oc1ccccc1. The van der Waals surface area contributed by atoms with Crippen LogP contribution in [0.4, 0.5) is 0 Å². The van der Waals surface area contributed by atoms with Gasteiger partial charge in [0, 0.05) is 5.56 Å². The van der Waals surface area contributed by atoms with E-state index in [1.54, 1.807) is 30.3 Å². The van der Waals surface area contributed by atoms with Crippen molar-refractivity contribution in [2.75, 3.05) is 7.11 Å². The first-order valence-electron chi connectivity index (χ1n) is 6.28. The molecule has 0 aliphatic carbocycles. The van der Waals surface area contributed by atoms with Crippen LogP contribution in [0.3, 0.4) is 0 Å². The molecular formula is C16H14NO4-. The summed E-state index contributed by atoms with van der Waals surface area (Å²) in [6.45, 7) is 1.88. The number of hydrogen-bond acceptors (Lipinski definition) is 5. The third-order valence-corrected chi connectivity index (χ3v) is 2.74. The number of aryl methyl sites for hydroxylation is 1. The summed E-state index contributed by atoms with van der Waals surface area (Å²) in [5.41, 5.74) is 0.912. The van der Waals surface area contributed by atoms with Crippen LogP contribution in [-0.2, 0) is 9.63 Å². The van der Waals surface area contributed by atoms with Crippen LogP contribution in [0, 0.1) is 6.92 Å². The fourth-order valence-electron chi connectivity index (χ4n) is 1.81. The molecule has 0 saturated carbocycles. The van der Waals surface area contributed by atoms with Crippen LogP contribution in [0.15, 0.2) is 53.7 Å². The van der Waals surface area contributed by atoms with E-state index in [1.807, 2.05) is 25.1 Å². The van der Waals surface area contributed by atoms with Crippen LogP contribution in [0.1, 0.15) is 11.1 Å². The van der Waals surface area contributed by atoms with Crippen molar-refractivity contribution in [1.29, 1.82) is 0 Å². The lowest BCUT2D eigenvalue weighted by molar-refractivity contribution is -0.294. The zero-order valence-electron chi connectivity index (χ0n) is 11.7. The Morgan fingerprint density at radius 2 is 1.86 bits per heavy atom. The molecule has 0 aliphatic rings. The molecule has 21 heavy (non-hydrogen) atoms. The zero-order chi connectivity index (χ0) is 15.2. The Balaban J connectivity index is 2.47. The molecule has 0 atom stereocenters. The van der Waals surface area contributed by atoms with Gasteiger partial charge >= 0.3 is 0 Å². The summed E-state index contributed by atoms with van der Waals surface area (Å²) in [6, 6.07) is 14.2. The first-order valence-corrected chi connectivity index (χ1v) is 6.28. The normalized spacial score (nSPS) is 11.0. The Kier molecular flexibility index (Phi) is 4.56. The number of carbonyl (C=O) groups is 1. The molecule has 2 aromatic carbocycles. The lowest BCUT2D eigenvalue weighted by Crippen LogP contribution is -2.32. The summed E-state index contributed by atoms with van der Waals surface area (Å²) >= 11 is 0. The molecule has 0 amide bonds. The molecule has 0 bridgehead atoms. The second-order valence-corrected chi connectivity index (χ2v) is 4.32. The van der Waals surface area contributed by atoms with Crippen molar-refractivity contribution in [3.8, 4) is 11.5 Å². The van der Waals surface area contributed by atoms with Crippen LogP contribution in [0.2, 0.25) is 0 Å². The highest BCUT2D eigenvalue weighted by atomic mass is 16.6. The zero-order valence-corrected chi connectivity index (χ0v) is 11.7. The Morgan fingerprint density at radius 1 is 1.14 bits per heavy atom. The number of ether oxygens (including phenoxy) is 1. The number of carboxylic acids is 1. The van der Waals surface area contributed by atoms with Gasteiger partial charge in [-0.05, 0) is 36.8 Å². The number of carbonyl (C=O) groups excluding carboxylic acids is 1. The molecule has 2 aromatic rings. The van der Waals surface area contributed by atoms with E-state index in [1.165, 1.54) is 7.11 Å². The van der Waals surface area contributed by atoms with Gasteiger partial charge in [0.15, 0.2) is 0 Å². The van der Waals surface area contributed by atoms with E-state index in [0.29, 0.717) is 17.1 Å². The third-order valence-electron chi connectivity index (χ3n) is 2.74. The van der Waals surface area contributed by atoms with Crippen molar-refractivity contribution in [2.45, 2.75) is 6.92 Å². The number of hydrogen-bond donors (Lipinski definition) is 0. The molecule has 5 heteroatoms. The van der Waals surface area contributed by atoms with Gasteiger partial charge in [0.05, 0.1) is 5.97 Å². The number of para-hydroxylation sites is 1. The molecule has 0 aliphatic heterocycles. The second-order valence-electron chi connectivity index (χ2n) is 4.32. The van der Waals surface area contributed by atoms with E-state index in [-0.39, 0.29) is 5.71 Å². The minimum Gasteiger partial charge on any atom is -0.543 e. The Morgan fingerprint density at radius 3 is 2.48 bits per heavy atom. The topological polar surface area (TPSA) is 71.0 Å². The Bertz CT molecular complexity index is 665. The van der Waals surface area contributed by atoms with E-state index in [4.69, 9.17) is 4.74 Å². The number of rotatable bonds is 5. The number of carboxylic acid groups (broad SMARTS) is 1. The van der Waals surface area contributed by atoms with Gasteiger partial charge in [0.2, 0.25) is 0 Å². The maximum atomic E-state index is 11.2. The molecule has 0 heterocycles. The van der Waals surface area contributed by atoms with Crippen molar-refractivity contribution in [3.63, 3.8) is 0 Å². The Hall–Kier alpha value is -2.82. The maximum Gasteiger partial charge on any atom is 0.137 e. The lowest BCUT2D eigenvalue weighted by Gasteiger charge is -2.14. The van der Waals surface area contributed by atoms with Gasteiger partial charge in [-0.15, -0.1) is 0 Å². The summed E-state index contributed by atoms with van der Waals surface area (Å²) in [5.74, 6) is -0.459. The van der Waals surface area contributed by atoms with Crippen LogP contribution in [0.25, 0.3) is 0 Å². The average Bonchev–Trinajstić information content (AvgIpc) is 2.46. The molecule has 0 radical (unpaired) electrons. The molecule has 2 rings (SSSR count). The predicted octanol–water partition coefficient (Wildman–Crippen LogP) is 1.89. The number of oxime groups is 1. The Labute approximate surface area is 122 Å². The van der Waals surface area contributed by atoms with Crippen molar-refractivity contribution in [1.82, 2.24) is 0 Å². The van der Waals surface area contributed by atoms with Gasteiger partial charge in [0.1, 0.15) is 24.3 Å². The van der Waals surface area contributed by atoms with E-state index >= 15 is 0 Å². The molecule has 0 aromatic heterocycles. The molecular weight excluding hydrogens is 270 g/mol. The highest BCUT2D eigenvalue weighted by Crippen LogP contribution is 2.27. The van der Waals surface area contributed by atoms with Crippen molar-refractivity contribution in [3.05, 3.63) is 59.7 Å². The molecule has 0 N–H and O–H groups in total. The van der Waals surface area contributed by atoms with Gasteiger partial charge in [-0.3, -0.25) is 0 Å². The minimum absolute atomic E-state index is 0.298. The van der Waals surface area contributed by atoms with Crippen molar-refractivity contribution < 1.29 is 19.5 Å². The molecule has 0 unspecified atom stereocenters. The van der Waals surface area contributed by atoms with Gasteiger partial charge < -0.3 is 19.5 Å². The van der Waals surface area contributed by atoms with Crippen LogP contribution in [-0.4, -0.2) is 18.8 Å². The smallest absolute Gasteiger partial charge is 0.137 e. The van der Waals surface area contributed by atoms with E-state index in [2.05, 4.69) is 9.99 Å². The van der Waals surface area contributed by atoms with Gasteiger partial charge in [0.25, 0.3) is 0 Å². The van der Waals surface area contributed by atoms with Gasteiger partial charge in [-0.1, -0.05) is 29.4 Å². The molecule has 5 nitrogen and oxygen atoms in total. The highest BCUT2D eigenvalue weighted by Gasteiger charge is 2.14. The fraction of sp³-hybridized carbons (Fsp3) is 0.125. The highest BCUT2D eigenvalue weighted by molar-refractivity contribution is 6.42. The van der Waals surface area contributed by atoms with Gasteiger partial charge in [-0.2, -0.15) is 0 Å². The average molecular weight is 284 g/mol. The van der Waals surface area contributed by atoms with E-state index in [0.717, 1.165) is 5.56 Å². The number of benzene rings is 2. The fourth-order valence-corrected chi connectivity index (χ4v) is 1.81. The summed E-state index contributed by atoms with van der Waals surface area (Å²) in [5, 5.41) is 14.7. The maximum absolute atomic E-state index is 11.2. The number of nitrogens with zero attached hydrogens (tertiary/aromatic N) is 1. The lowest BCUT2D eigenvalue weighted by atomic mass is 10.1.